The van der Waals surface area contributed by atoms with Crippen LogP contribution in [-0.2, 0) is 4.79 Å². The fraction of sp³-hybridized carbons (Fsp3) is 0.412. The van der Waals surface area contributed by atoms with Crippen LogP contribution in [0, 0.1) is 0 Å². The van der Waals surface area contributed by atoms with Gasteiger partial charge in [0.15, 0.2) is 0 Å². The first-order valence-electron chi connectivity index (χ1n) is 7.29. The molecule has 0 aliphatic carbocycles. The normalized spacial score (nSPS) is 11.3. The number of nitrogens with zero attached hydrogens (tertiary/aromatic N) is 2. The van der Waals surface area contributed by atoms with Crippen LogP contribution in [0.1, 0.15) is 27.7 Å². The Hall–Kier alpha value is -1.55. The highest BCUT2D eigenvalue weighted by Crippen LogP contribution is 2.21. The van der Waals surface area contributed by atoms with Crippen molar-refractivity contribution in [2.24, 2.45) is 0 Å². The summed E-state index contributed by atoms with van der Waals surface area (Å²) in [7, 11) is 0. The Balaban J connectivity index is 2.05. The van der Waals surface area contributed by atoms with E-state index in [9.17, 15) is 4.79 Å². The second-order valence-corrected chi connectivity index (χ2v) is 6.61. The average molecular weight is 302 g/mol. The molecule has 2 aromatic rings. The topological polar surface area (TPSA) is 33.2 Å². The standard InChI is InChI=1S/C17H22N2OS/c1-12(2)19(13(3)4)17(20)11-21-16-10-9-14-7-5-6-8-15(14)18-16/h5-10,12-13H,11H2,1-4H3. The molecule has 0 aliphatic heterocycles. The number of aromatic nitrogens is 1. The maximum absolute atomic E-state index is 12.3. The number of benzene rings is 1. The molecule has 0 atom stereocenters. The fourth-order valence-corrected chi connectivity index (χ4v) is 3.26. The van der Waals surface area contributed by atoms with Gasteiger partial charge in [-0.2, -0.15) is 0 Å². The molecule has 0 radical (unpaired) electrons. The van der Waals surface area contributed by atoms with Crippen molar-refractivity contribution < 1.29 is 4.79 Å². The van der Waals surface area contributed by atoms with Crippen LogP contribution in [0.25, 0.3) is 10.9 Å². The van der Waals surface area contributed by atoms with Crippen molar-refractivity contribution in [1.29, 1.82) is 0 Å². The summed E-state index contributed by atoms with van der Waals surface area (Å²) < 4.78 is 0. The Bertz CT molecular complexity index is 617. The van der Waals surface area contributed by atoms with Crippen molar-refractivity contribution >= 4 is 28.6 Å². The average Bonchev–Trinajstić information content (AvgIpc) is 2.44. The van der Waals surface area contributed by atoms with Gasteiger partial charge in [0.25, 0.3) is 0 Å². The highest BCUT2D eigenvalue weighted by molar-refractivity contribution is 7.99. The maximum Gasteiger partial charge on any atom is 0.233 e. The summed E-state index contributed by atoms with van der Waals surface area (Å²) in [4.78, 5) is 18.9. The van der Waals surface area contributed by atoms with Gasteiger partial charge in [0.2, 0.25) is 5.91 Å². The van der Waals surface area contributed by atoms with Crippen molar-refractivity contribution in [2.75, 3.05) is 5.75 Å². The summed E-state index contributed by atoms with van der Waals surface area (Å²) in [5.74, 6) is 0.599. The number of fused-ring (bicyclic) bond motifs is 1. The number of amides is 1. The third-order valence-corrected chi connectivity index (χ3v) is 4.23. The molecule has 21 heavy (non-hydrogen) atoms. The predicted molar refractivity (Wildman–Crippen MR) is 89.6 cm³/mol. The number of para-hydroxylation sites is 1. The van der Waals surface area contributed by atoms with E-state index >= 15 is 0 Å². The number of pyridine rings is 1. The van der Waals surface area contributed by atoms with Gasteiger partial charge in [-0.3, -0.25) is 4.79 Å². The number of hydrogen-bond acceptors (Lipinski definition) is 3. The van der Waals surface area contributed by atoms with E-state index in [1.807, 2.05) is 35.2 Å². The van der Waals surface area contributed by atoms with E-state index in [0.717, 1.165) is 15.9 Å². The lowest BCUT2D eigenvalue weighted by Gasteiger charge is -2.30. The Labute approximate surface area is 130 Å². The lowest BCUT2D eigenvalue weighted by atomic mass is 10.2. The van der Waals surface area contributed by atoms with Gasteiger partial charge >= 0.3 is 0 Å². The van der Waals surface area contributed by atoms with E-state index < -0.39 is 0 Å². The van der Waals surface area contributed by atoms with Gasteiger partial charge in [0, 0.05) is 17.5 Å². The molecule has 0 fully saturated rings. The summed E-state index contributed by atoms with van der Waals surface area (Å²) >= 11 is 1.50. The van der Waals surface area contributed by atoms with Crippen LogP contribution in [0.15, 0.2) is 41.4 Å². The Morgan fingerprint density at radius 3 is 2.43 bits per heavy atom. The summed E-state index contributed by atoms with van der Waals surface area (Å²) in [6.07, 6.45) is 0. The third kappa shape index (κ3) is 3.97. The smallest absolute Gasteiger partial charge is 0.233 e. The summed E-state index contributed by atoms with van der Waals surface area (Å²) in [5, 5.41) is 2.02. The first kappa shape index (κ1) is 15.8. The molecule has 0 spiro atoms. The fourth-order valence-electron chi connectivity index (χ4n) is 2.51. The molecule has 0 bridgehead atoms. The molecule has 1 heterocycles. The zero-order valence-corrected chi connectivity index (χ0v) is 13.9. The van der Waals surface area contributed by atoms with Crippen LogP contribution in [-0.4, -0.2) is 33.6 Å². The largest absolute Gasteiger partial charge is 0.337 e. The third-order valence-electron chi connectivity index (χ3n) is 3.32. The first-order chi connectivity index (χ1) is 9.99. The quantitative estimate of drug-likeness (QED) is 0.784. The Morgan fingerprint density at radius 2 is 1.76 bits per heavy atom. The van der Waals surface area contributed by atoms with Crippen LogP contribution >= 0.6 is 11.8 Å². The number of thioether (sulfide) groups is 1. The minimum absolute atomic E-state index is 0.167. The summed E-state index contributed by atoms with van der Waals surface area (Å²) in [5.41, 5.74) is 0.972. The molecular formula is C17H22N2OS. The van der Waals surface area contributed by atoms with E-state index in [1.54, 1.807) is 0 Å². The molecule has 1 aromatic heterocycles. The van der Waals surface area contributed by atoms with E-state index in [-0.39, 0.29) is 18.0 Å². The molecule has 2 rings (SSSR count). The van der Waals surface area contributed by atoms with Gasteiger partial charge in [-0.15, -0.1) is 0 Å². The minimum Gasteiger partial charge on any atom is -0.337 e. The molecule has 0 unspecified atom stereocenters. The molecule has 112 valence electrons. The lowest BCUT2D eigenvalue weighted by molar-refractivity contribution is -0.131. The van der Waals surface area contributed by atoms with Crippen molar-refractivity contribution in [3.05, 3.63) is 36.4 Å². The van der Waals surface area contributed by atoms with Crippen LogP contribution in [0.5, 0.6) is 0 Å². The van der Waals surface area contributed by atoms with E-state index in [4.69, 9.17) is 0 Å². The number of carbonyl (C=O) groups excluding carboxylic acids is 1. The van der Waals surface area contributed by atoms with Crippen LogP contribution in [0.4, 0.5) is 0 Å². The van der Waals surface area contributed by atoms with Gasteiger partial charge in [-0.05, 0) is 39.8 Å². The maximum atomic E-state index is 12.3. The second kappa shape index (κ2) is 6.94. The summed E-state index contributed by atoms with van der Waals surface area (Å²) in [6, 6.07) is 12.5. The minimum atomic E-state index is 0.167. The monoisotopic (exact) mass is 302 g/mol. The van der Waals surface area contributed by atoms with Gasteiger partial charge < -0.3 is 4.90 Å². The summed E-state index contributed by atoms with van der Waals surface area (Å²) in [6.45, 7) is 8.21. The van der Waals surface area contributed by atoms with E-state index in [2.05, 4.69) is 38.7 Å². The van der Waals surface area contributed by atoms with Gasteiger partial charge in [0.1, 0.15) is 0 Å². The van der Waals surface area contributed by atoms with Crippen LogP contribution in [0.3, 0.4) is 0 Å². The zero-order chi connectivity index (χ0) is 15.4. The van der Waals surface area contributed by atoms with Crippen molar-refractivity contribution in [1.82, 2.24) is 9.88 Å². The van der Waals surface area contributed by atoms with Crippen molar-refractivity contribution in [2.45, 2.75) is 44.8 Å². The Morgan fingerprint density at radius 1 is 1.10 bits per heavy atom. The molecular weight excluding hydrogens is 280 g/mol. The van der Waals surface area contributed by atoms with Gasteiger partial charge in [-0.25, -0.2) is 4.98 Å². The molecule has 4 heteroatoms. The zero-order valence-electron chi connectivity index (χ0n) is 13.0. The number of carbonyl (C=O) groups is 1. The van der Waals surface area contributed by atoms with E-state index in [1.165, 1.54) is 11.8 Å². The highest BCUT2D eigenvalue weighted by atomic mass is 32.2. The predicted octanol–water partition coefficient (Wildman–Crippen LogP) is 3.97. The van der Waals surface area contributed by atoms with Gasteiger partial charge in [0.05, 0.1) is 16.3 Å². The first-order valence-corrected chi connectivity index (χ1v) is 8.27. The molecule has 3 nitrogen and oxygen atoms in total. The number of rotatable bonds is 5. The molecule has 0 saturated carbocycles. The molecule has 0 saturated heterocycles. The van der Waals surface area contributed by atoms with Gasteiger partial charge in [-0.1, -0.05) is 36.0 Å². The highest BCUT2D eigenvalue weighted by Gasteiger charge is 2.20. The van der Waals surface area contributed by atoms with Crippen LogP contribution in [0.2, 0.25) is 0 Å². The van der Waals surface area contributed by atoms with E-state index in [0.29, 0.717) is 5.75 Å². The van der Waals surface area contributed by atoms with Crippen molar-refractivity contribution in [3.8, 4) is 0 Å². The number of hydrogen-bond donors (Lipinski definition) is 0. The molecule has 0 aliphatic rings. The lowest BCUT2D eigenvalue weighted by Crippen LogP contribution is -2.43. The molecule has 1 aromatic carbocycles. The molecule has 0 N–H and O–H groups in total. The Kier molecular flexibility index (Phi) is 5.23. The molecule has 1 amide bonds. The van der Waals surface area contributed by atoms with Crippen molar-refractivity contribution in [3.63, 3.8) is 0 Å². The SMILES string of the molecule is CC(C)N(C(=O)CSc1ccc2ccccc2n1)C(C)C. The second-order valence-electron chi connectivity index (χ2n) is 5.62. The van der Waals surface area contributed by atoms with Crippen LogP contribution < -0.4 is 0 Å².